The van der Waals surface area contributed by atoms with Crippen molar-refractivity contribution in [2.75, 3.05) is 26.3 Å². The Balaban J connectivity index is 1.41. The predicted molar refractivity (Wildman–Crippen MR) is 137 cm³/mol. The number of aliphatic hydroxyl groups excluding tert-OH is 1. The molecule has 0 radical (unpaired) electrons. The van der Waals surface area contributed by atoms with Gasteiger partial charge in [0.1, 0.15) is 30.2 Å². The standard InChI is InChI=1S/C28H27F3N4O3/c29-18(14-36)10-17-6-1-4-16-5-2-7-20(22(16)17)24-23(31)25-21(12-32-24)26(37)34-27(33-25)38-15-28-8-3-9-35(28)13-19(30)11-28/h1-2,4-7,12,18-19,36H,3,8-11,13-15H2,(H,33,34,37)/t18?,19-,28+/m1/s1. The van der Waals surface area contributed by atoms with E-state index in [9.17, 15) is 18.7 Å². The van der Waals surface area contributed by atoms with Crippen LogP contribution in [-0.4, -0.2) is 69.1 Å². The SMILES string of the molecule is O=c1[nH]c(OC[C@@]23CCCN2C[C@H](F)C3)nc2c(F)c(-c3cccc4cccc(CC(F)CO)c34)ncc12. The van der Waals surface area contributed by atoms with Crippen LogP contribution in [0, 0.1) is 5.82 Å². The minimum atomic E-state index is -1.47. The first kappa shape index (κ1) is 24.8. The van der Waals surface area contributed by atoms with Crippen molar-refractivity contribution < 1.29 is 23.0 Å². The van der Waals surface area contributed by atoms with Gasteiger partial charge in [0.2, 0.25) is 0 Å². The largest absolute Gasteiger partial charge is 0.463 e. The first-order chi connectivity index (χ1) is 18.4. The van der Waals surface area contributed by atoms with Crippen LogP contribution in [0.3, 0.4) is 0 Å². The lowest BCUT2D eigenvalue weighted by molar-refractivity contribution is 0.107. The van der Waals surface area contributed by atoms with E-state index in [1.807, 2.05) is 12.1 Å². The van der Waals surface area contributed by atoms with Crippen LogP contribution >= 0.6 is 0 Å². The number of rotatable bonds is 7. The Hall–Kier alpha value is -3.50. The molecule has 2 aromatic heterocycles. The van der Waals surface area contributed by atoms with Crippen molar-refractivity contribution in [3.63, 3.8) is 0 Å². The van der Waals surface area contributed by atoms with E-state index < -0.39 is 35.9 Å². The first-order valence-corrected chi connectivity index (χ1v) is 12.7. The number of halogens is 3. The van der Waals surface area contributed by atoms with Gasteiger partial charge in [-0.15, -0.1) is 0 Å². The van der Waals surface area contributed by atoms with Crippen LogP contribution in [0.5, 0.6) is 6.01 Å². The molecule has 2 aliphatic rings. The fourth-order valence-electron chi connectivity index (χ4n) is 6.04. The second-order valence-corrected chi connectivity index (χ2v) is 10.2. The third kappa shape index (κ3) is 4.21. The molecular weight excluding hydrogens is 497 g/mol. The van der Waals surface area contributed by atoms with Gasteiger partial charge in [-0.25, -0.2) is 13.2 Å². The molecule has 0 aliphatic carbocycles. The molecule has 0 spiro atoms. The second-order valence-electron chi connectivity index (χ2n) is 10.2. The number of alkyl halides is 2. The molecule has 3 atom stereocenters. The van der Waals surface area contributed by atoms with Crippen LogP contribution in [0.15, 0.2) is 47.4 Å². The molecule has 38 heavy (non-hydrogen) atoms. The van der Waals surface area contributed by atoms with Crippen LogP contribution in [-0.2, 0) is 6.42 Å². The summed E-state index contributed by atoms with van der Waals surface area (Å²) in [5, 5.41) is 10.6. The number of fused-ring (bicyclic) bond motifs is 3. The summed E-state index contributed by atoms with van der Waals surface area (Å²) in [6, 6.07) is 10.5. The van der Waals surface area contributed by atoms with Gasteiger partial charge in [-0.2, -0.15) is 4.98 Å². The third-order valence-electron chi connectivity index (χ3n) is 7.80. The molecule has 1 unspecified atom stereocenters. The zero-order valence-electron chi connectivity index (χ0n) is 20.6. The Labute approximate surface area is 216 Å². The highest BCUT2D eigenvalue weighted by molar-refractivity contribution is 5.99. The average molecular weight is 525 g/mol. The van der Waals surface area contributed by atoms with Gasteiger partial charge in [-0.1, -0.05) is 36.4 Å². The third-order valence-corrected chi connectivity index (χ3v) is 7.80. The summed E-state index contributed by atoms with van der Waals surface area (Å²) in [6.45, 7) is 0.678. The molecule has 2 fully saturated rings. The minimum Gasteiger partial charge on any atom is -0.463 e. The highest BCUT2D eigenvalue weighted by atomic mass is 19.1. The zero-order chi connectivity index (χ0) is 26.4. The van der Waals surface area contributed by atoms with Crippen molar-refractivity contribution in [3.05, 3.63) is 64.3 Å². The lowest BCUT2D eigenvalue weighted by atomic mass is 9.94. The minimum absolute atomic E-state index is 0.0318. The summed E-state index contributed by atoms with van der Waals surface area (Å²) in [6.07, 6.45) is 0.901. The molecule has 2 N–H and O–H groups in total. The van der Waals surface area contributed by atoms with Gasteiger partial charge < -0.3 is 9.84 Å². The Morgan fingerprint density at radius 2 is 2.08 bits per heavy atom. The predicted octanol–water partition coefficient (Wildman–Crippen LogP) is 4.11. The smallest absolute Gasteiger partial charge is 0.297 e. The van der Waals surface area contributed by atoms with E-state index in [-0.39, 0.29) is 35.6 Å². The fraction of sp³-hybridized carbons (Fsp3) is 0.393. The number of pyridine rings is 1. The van der Waals surface area contributed by atoms with Crippen LogP contribution < -0.4 is 10.3 Å². The van der Waals surface area contributed by atoms with Crippen molar-refractivity contribution in [2.45, 2.75) is 43.6 Å². The number of ether oxygens (including phenoxy) is 1. The lowest BCUT2D eigenvalue weighted by Crippen LogP contribution is -2.43. The number of aromatic nitrogens is 3. The molecule has 2 saturated heterocycles. The summed E-state index contributed by atoms with van der Waals surface area (Å²) in [4.78, 5) is 25.9. The zero-order valence-corrected chi connectivity index (χ0v) is 20.6. The highest BCUT2D eigenvalue weighted by Crippen LogP contribution is 2.40. The Bertz CT molecular complexity index is 1570. The van der Waals surface area contributed by atoms with Gasteiger partial charge in [0, 0.05) is 31.1 Å². The molecule has 10 heteroatoms. The highest BCUT2D eigenvalue weighted by Gasteiger charge is 2.49. The summed E-state index contributed by atoms with van der Waals surface area (Å²) in [7, 11) is 0. The van der Waals surface area contributed by atoms with E-state index in [1.54, 1.807) is 24.3 Å². The number of hydrogen-bond acceptors (Lipinski definition) is 6. The molecule has 0 bridgehead atoms. The fourth-order valence-corrected chi connectivity index (χ4v) is 6.04. The summed E-state index contributed by atoms with van der Waals surface area (Å²) in [5.41, 5.74) is -0.245. The van der Waals surface area contributed by atoms with Crippen LogP contribution in [0.4, 0.5) is 13.2 Å². The van der Waals surface area contributed by atoms with E-state index in [0.29, 0.717) is 29.5 Å². The van der Waals surface area contributed by atoms with Crippen molar-refractivity contribution in [3.8, 4) is 17.3 Å². The maximum Gasteiger partial charge on any atom is 0.297 e. The number of benzene rings is 2. The normalized spacial score (nSPS) is 22.3. The monoisotopic (exact) mass is 524 g/mol. The number of H-pyrrole nitrogens is 1. The van der Waals surface area contributed by atoms with Gasteiger partial charge in [0.05, 0.1) is 17.5 Å². The molecule has 7 nitrogen and oxygen atoms in total. The van der Waals surface area contributed by atoms with E-state index >= 15 is 4.39 Å². The summed E-state index contributed by atoms with van der Waals surface area (Å²) >= 11 is 0. The molecule has 0 saturated carbocycles. The second kappa shape index (κ2) is 9.67. The Morgan fingerprint density at radius 3 is 2.89 bits per heavy atom. The number of nitrogens with zero attached hydrogens (tertiary/aromatic N) is 3. The maximum atomic E-state index is 16.0. The van der Waals surface area contributed by atoms with Gasteiger partial charge in [-0.05, 0) is 35.7 Å². The molecule has 6 rings (SSSR count). The number of nitrogens with one attached hydrogen (secondary N) is 1. The molecule has 2 aromatic carbocycles. The maximum absolute atomic E-state index is 16.0. The molecule has 198 valence electrons. The molecule has 4 heterocycles. The first-order valence-electron chi connectivity index (χ1n) is 12.7. The number of hydrogen-bond donors (Lipinski definition) is 2. The van der Waals surface area contributed by atoms with Crippen molar-refractivity contribution in [1.82, 2.24) is 19.9 Å². The Kier molecular flexibility index (Phi) is 6.31. The van der Waals surface area contributed by atoms with Crippen molar-refractivity contribution in [1.29, 1.82) is 0 Å². The van der Waals surface area contributed by atoms with Gasteiger partial charge >= 0.3 is 0 Å². The van der Waals surface area contributed by atoms with E-state index in [4.69, 9.17) is 4.74 Å². The van der Waals surface area contributed by atoms with Crippen LogP contribution in [0.2, 0.25) is 0 Å². The van der Waals surface area contributed by atoms with E-state index in [1.165, 1.54) is 6.20 Å². The van der Waals surface area contributed by atoms with E-state index in [2.05, 4.69) is 19.9 Å². The number of aromatic amines is 1. The molecule has 2 aliphatic heterocycles. The van der Waals surface area contributed by atoms with Gasteiger partial charge in [-0.3, -0.25) is 19.7 Å². The molecule has 4 aromatic rings. The summed E-state index contributed by atoms with van der Waals surface area (Å²) in [5.74, 6) is -0.801. The molecule has 0 amide bonds. The van der Waals surface area contributed by atoms with Crippen molar-refractivity contribution >= 4 is 21.7 Å². The van der Waals surface area contributed by atoms with Gasteiger partial charge in [0.15, 0.2) is 5.82 Å². The lowest BCUT2D eigenvalue weighted by Gasteiger charge is -2.30. The van der Waals surface area contributed by atoms with Crippen LogP contribution in [0.25, 0.3) is 32.9 Å². The average Bonchev–Trinajstić information content (AvgIpc) is 3.43. The quantitative estimate of drug-likeness (QED) is 0.378. The topological polar surface area (TPSA) is 91.3 Å². The van der Waals surface area contributed by atoms with E-state index in [0.717, 1.165) is 24.8 Å². The molecular formula is C28H27F3N4O3. The van der Waals surface area contributed by atoms with Gasteiger partial charge in [0.25, 0.3) is 11.6 Å². The van der Waals surface area contributed by atoms with Crippen LogP contribution in [0.1, 0.15) is 24.8 Å². The summed E-state index contributed by atoms with van der Waals surface area (Å²) < 4.78 is 50.1. The van der Waals surface area contributed by atoms with Crippen molar-refractivity contribution in [2.24, 2.45) is 0 Å². The Morgan fingerprint density at radius 1 is 1.26 bits per heavy atom. The number of aliphatic hydroxyl groups is 1.